The zero-order chi connectivity index (χ0) is 20.1. The molecule has 0 saturated carbocycles. The van der Waals surface area contributed by atoms with Gasteiger partial charge in [0.15, 0.2) is 0 Å². The zero-order valence-electron chi connectivity index (χ0n) is 16.2. The first-order chi connectivity index (χ1) is 14.2. The molecule has 1 saturated heterocycles. The summed E-state index contributed by atoms with van der Waals surface area (Å²) < 4.78 is 7.73. The fourth-order valence-corrected chi connectivity index (χ4v) is 3.43. The lowest BCUT2D eigenvalue weighted by atomic mass is 10.2. The number of carbonyl (C=O) groups excluding carboxylic acids is 2. The number of rotatable bonds is 8. The molecule has 1 aliphatic heterocycles. The summed E-state index contributed by atoms with van der Waals surface area (Å²) in [4.78, 5) is 30.2. The number of nitrogens with one attached hydrogen (secondary N) is 1. The van der Waals surface area contributed by atoms with Crippen LogP contribution in [0.5, 0.6) is 5.75 Å². The quantitative estimate of drug-likeness (QED) is 0.598. The third kappa shape index (κ3) is 4.74. The van der Waals surface area contributed by atoms with Gasteiger partial charge in [-0.1, -0.05) is 6.07 Å². The van der Waals surface area contributed by atoms with Crippen molar-refractivity contribution < 1.29 is 14.3 Å². The number of imidazole rings is 1. The van der Waals surface area contributed by atoms with Gasteiger partial charge in [0, 0.05) is 44.0 Å². The van der Waals surface area contributed by atoms with Crippen LogP contribution in [0.3, 0.4) is 0 Å². The van der Waals surface area contributed by atoms with Crippen molar-refractivity contribution in [2.45, 2.75) is 25.9 Å². The van der Waals surface area contributed by atoms with Gasteiger partial charge in [-0.3, -0.25) is 9.59 Å². The highest BCUT2D eigenvalue weighted by atomic mass is 16.5. The number of ether oxygens (including phenoxy) is 1. The second-order valence-corrected chi connectivity index (χ2v) is 7.11. The Labute approximate surface area is 169 Å². The molecule has 0 unspecified atom stereocenters. The molecule has 0 radical (unpaired) electrons. The Balaban J connectivity index is 1.22. The highest BCUT2D eigenvalue weighted by Gasteiger charge is 2.19. The molecule has 7 heteroatoms. The van der Waals surface area contributed by atoms with Crippen molar-refractivity contribution in [3.8, 4) is 5.75 Å². The molecule has 150 valence electrons. The summed E-state index contributed by atoms with van der Waals surface area (Å²) in [5.74, 6) is 0.784. The van der Waals surface area contributed by atoms with Gasteiger partial charge in [0.25, 0.3) is 5.91 Å². The van der Waals surface area contributed by atoms with E-state index < -0.39 is 0 Å². The number of amides is 2. The Morgan fingerprint density at radius 1 is 1.17 bits per heavy atom. The summed E-state index contributed by atoms with van der Waals surface area (Å²) in [6.45, 7) is 2.45. The highest BCUT2D eigenvalue weighted by Crippen LogP contribution is 2.15. The molecule has 3 heterocycles. The lowest BCUT2D eigenvalue weighted by Gasteiger charge is -2.15. The number of hydrogen-bond donors (Lipinski definition) is 1. The molecule has 29 heavy (non-hydrogen) atoms. The summed E-state index contributed by atoms with van der Waals surface area (Å²) in [5.41, 5.74) is 2.31. The van der Waals surface area contributed by atoms with Gasteiger partial charge in [-0.25, -0.2) is 4.98 Å². The van der Waals surface area contributed by atoms with Crippen LogP contribution < -0.4 is 10.1 Å². The normalized spacial score (nSPS) is 13.8. The van der Waals surface area contributed by atoms with Crippen LogP contribution in [0, 0.1) is 0 Å². The number of aromatic nitrogens is 2. The van der Waals surface area contributed by atoms with Crippen LogP contribution in [-0.2, 0) is 11.4 Å². The molecule has 0 atom stereocenters. The lowest BCUT2D eigenvalue weighted by Crippen LogP contribution is -2.30. The van der Waals surface area contributed by atoms with Crippen LogP contribution >= 0.6 is 0 Å². The van der Waals surface area contributed by atoms with Crippen LogP contribution in [0.25, 0.3) is 5.65 Å². The van der Waals surface area contributed by atoms with Gasteiger partial charge in [-0.15, -0.1) is 0 Å². The standard InChI is InChI=1S/C22H24N4O3/c27-21-6-3-13-25(21)14-4-11-23-22(28)17-7-9-19(10-8-17)29-16-18-15-26-12-2-1-5-20(26)24-18/h1-2,5,7-10,12,15H,3-4,6,11,13-14,16H2,(H,23,28). The Morgan fingerprint density at radius 2 is 2.03 bits per heavy atom. The van der Waals surface area contributed by atoms with E-state index in [0.29, 0.717) is 37.4 Å². The molecule has 1 fully saturated rings. The van der Waals surface area contributed by atoms with E-state index in [4.69, 9.17) is 4.74 Å². The van der Waals surface area contributed by atoms with E-state index in [0.717, 1.165) is 30.7 Å². The van der Waals surface area contributed by atoms with Gasteiger partial charge < -0.3 is 19.4 Å². The minimum absolute atomic E-state index is 0.121. The lowest BCUT2D eigenvalue weighted by molar-refractivity contribution is -0.127. The first-order valence-corrected chi connectivity index (χ1v) is 9.90. The summed E-state index contributed by atoms with van der Waals surface area (Å²) in [6, 6.07) is 12.9. The van der Waals surface area contributed by atoms with E-state index >= 15 is 0 Å². The highest BCUT2D eigenvalue weighted by molar-refractivity contribution is 5.94. The maximum Gasteiger partial charge on any atom is 0.251 e. The summed E-state index contributed by atoms with van der Waals surface area (Å²) in [5, 5.41) is 2.90. The smallest absolute Gasteiger partial charge is 0.251 e. The maximum absolute atomic E-state index is 12.2. The molecule has 1 aromatic carbocycles. The minimum atomic E-state index is -0.121. The zero-order valence-corrected chi connectivity index (χ0v) is 16.2. The summed E-state index contributed by atoms with van der Waals surface area (Å²) in [7, 11) is 0. The van der Waals surface area contributed by atoms with E-state index in [-0.39, 0.29) is 11.8 Å². The number of pyridine rings is 1. The second-order valence-electron chi connectivity index (χ2n) is 7.11. The van der Waals surface area contributed by atoms with Gasteiger partial charge in [-0.2, -0.15) is 0 Å². The van der Waals surface area contributed by atoms with Gasteiger partial charge in [-0.05, 0) is 49.2 Å². The third-order valence-electron chi connectivity index (χ3n) is 4.98. The van der Waals surface area contributed by atoms with E-state index in [1.54, 1.807) is 24.3 Å². The predicted octanol–water partition coefficient (Wildman–Crippen LogP) is 2.66. The maximum atomic E-state index is 12.2. The van der Waals surface area contributed by atoms with Gasteiger partial charge in [0.2, 0.25) is 5.91 Å². The molecule has 4 rings (SSSR count). The molecule has 0 aliphatic carbocycles. The van der Waals surface area contributed by atoms with Crippen LogP contribution in [-0.4, -0.2) is 45.7 Å². The van der Waals surface area contributed by atoms with Crippen LogP contribution in [0.1, 0.15) is 35.3 Å². The topological polar surface area (TPSA) is 75.9 Å². The molecule has 0 spiro atoms. The van der Waals surface area contributed by atoms with Crippen LogP contribution in [0.4, 0.5) is 0 Å². The second kappa shape index (κ2) is 8.77. The van der Waals surface area contributed by atoms with Crippen molar-refractivity contribution in [1.82, 2.24) is 19.6 Å². The van der Waals surface area contributed by atoms with Crippen molar-refractivity contribution in [2.75, 3.05) is 19.6 Å². The molecule has 1 aliphatic rings. The molecule has 7 nitrogen and oxygen atoms in total. The molecule has 0 bridgehead atoms. The number of fused-ring (bicyclic) bond motifs is 1. The molecule has 2 amide bonds. The largest absolute Gasteiger partial charge is 0.487 e. The Kier molecular flexibility index (Phi) is 5.74. The van der Waals surface area contributed by atoms with E-state index in [1.807, 2.05) is 39.9 Å². The first kappa shape index (κ1) is 19.0. The fourth-order valence-electron chi connectivity index (χ4n) is 3.43. The van der Waals surface area contributed by atoms with E-state index in [1.165, 1.54) is 0 Å². The van der Waals surface area contributed by atoms with Gasteiger partial charge >= 0.3 is 0 Å². The number of likely N-dealkylation sites (tertiary alicyclic amines) is 1. The number of carbonyl (C=O) groups is 2. The van der Waals surface area contributed by atoms with Crippen LogP contribution in [0.15, 0.2) is 54.9 Å². The Hall–Kier alpha value is -3.35. The van der Waals surface area contributed by atoms with Gasteiger partial charge in [0.05, 0.1) is 5.69 Å². The van der Waals surface area contributed by atoms with E-state index in [2.05, 4.69) is 10.3 Å². The first-order valence-electron chi connectivity index (χ1n) is 9.90. The number of hydrogen-bond acceptors (Lipinski definition) is 4. The van der Waals surface area contributed by atoms with Crippen molar-refractivity contribution >= 4 is 17.5 Å². The number of benzene rings is 1. The molecular weight excluding hydrogens is 368 g/mol. The average molecular weight is 392 g/mol. The van der Waals surface area contributed by atoms with Crippen LogP contribution in [0.2, 0.25) is 0 Å². The molecule has 3 aromatic rings. The molecular formula is C22H24N4O3. The van der Waals surface area contributed by atoms with Crippen molar-refractivity contribution in [1.29, 1.82) is 0 Å². The Bertz CT molecular complexity index is 964. The monoisotopic (exact) mass is 392 g/mol. The van der Waals surface area contributed by atoms with E-state index in [9.17, 15) is 9.59 Å². The summed E-state index contributed by atoms with van der Waals surface area (Å²) >= 11 is 0. The Morgan fingerprint density at radius 3 is 2.79 bits per heavy atom. The average Bonchev–Trinajstić information content (AvgIpc) is 3.35. The fraction of sp³-hybridized carbons (Fsp3) is 0.318. The van der Waals surface area contributed by atoms with Gasteiger partial charge in [0.1, 0.15) is 18.0 Å². The SMILES string of the molecule is O=C(NCCCN1CCCC1=O)c1ccc(OCc2cn3ccccc3n2)cc1. The van der Waals surface area contributed by atoms with Crippen molar-refractivity contribution in [3.05, 3.63) is 66.1 Å². The molecule has 1 N–H and O–H groups in total. The minimum Gasteiger partial charge on any atom is -0.487 e. The predicted molar refractivity (Wildman–Crippen MR) is 109 cm³/mol. The molecule has 2 aromatic heterocycles. The number of nitrogens with zero attached hydrogens (tertiary/aromatic N) is 3. The summed E-state index contributed by atoms with van der Waals surface area (Å²) in [6.07, 6.45) is 6.24. The van der Waals surface area contributed by atoms with Crippen molar-refractivity contribution in [3.63, 3.8) is 0 Å². The van der Waals surface area contributed by atoms with Crippen molar-refractivity contribution in [2.24, 2.45) is 0 Å². The third-order valence-corrected chi connectivity index (χ3v) is 4.98.